The molecule has 2 atom stereocenters. The van der Waals surface area contributed by atoms with Crippen LogP contribution >= 0.6 is 0 Å². The fourth-order valence-electron chi connectivity index (χ4n) is 3.12. The number of aliphatic hydroxyl groups is 1. The summed E-state index contributed by atoms with van der Waals surface area (Å²) in [6.07, 6.45) is 7.16. The van der Waals surface area contributed by atoms with Gasteiger partial charge >= 0.3 is 0 Å². The lowest BCUT2D eigenvalue weighted by Gasteiger charge is -2.36. The van der Waals surface area contributed by atoms with Crippen LogP contribution in [-0.2, 0) is 4.74 Å². The Hall–Kier alpha value is -0.120. The molecule has 2 fully saturated rings. The highest BCUT2D eigenvalue weighted by atomic mass is 16.5. The van der Waals surface area contributed by atoms with Crippen LogP contribution in [0.25, 0.3) is 0 Å². The van der Waals surface area contributed by atoms with Crippen molar-refractivity contribution < 1.29 is 9.84 Å². The van der Waals surface area contributed by atoms with Gasteiger partial charge in [-0.1, -0.05) is 0 Å². The maximum atomic E-state index is 9.47. The Balaban J connectivity index is 1.76. The average Bonchev–Trinajstić information content (AvgIpc) is 2.20. The molecule has 0 aromatic heterocycles. The second kappa shape index (κ2) is 5.48. The average molecular weight is 227 g/mol. The third-order valence-electron chi connectivity index (χ3n) is 3.87. The van der Waals surface area contributed by atoms with E-state index in [-0.39, 0.29) is 6.10 Å². The maximum absolute atomic E-state index is 9.47. The molecule has 0 aromatic carbocycles. The van der Waals surface area contributed by atoms with E-state index in [0.29, 0.717) is 24.3 Å². The van der Waals surface area contributed by atoms with Gasteiger partial charge in [0.25, 0.3) is 0 Å². The fraction of sp³-hybridized carbons (Fsp3) is 1.00. The van der Waals surface area contributed by atoms with Gasteiger partial charge in [0.15, 0.2) is 0 Å². The number of aliphatic hydroxyl groups excluding tert-OH is 1. The molecule has 0 spiro atoms. The third kappa shape index (κ3) is 3.44. The largest absolute Gasteiger partial charge is 0.393 e. The van der Waals surface area contributed by atoms with E-state index in [0.717, 1.165) is 38.5 Å². The van der Waals surface area contributed by atoms with Crippen LogP contribution in [0.3, 0.4) is 0 Å². The summed E-state index contributed by atoms with van der Waals surface area (Å²) >= 11 is 0. The smallest absolute Gasteiger partial charge is 0.0565 e. The molecule has 3 heteroatoms. The van der Waals surface area contributed by atoms with Crippen LogP contribution in [0.1, 0.15) is 52.4 Å². The molecule has 0 aromatic rings. The normalized spacial score (nSPS) is 45.6. The molecule has 1 saturated heterocycles. The number of hydrogen-bond acceptors (Lipinski definition) is 3. The minimum atomic E-state index is -0.0504. The van der Waals surface area contributed by atoms with Crippen molar-refractivity contribution >= 4 is 0 Å². The molecule has 2 N–H and O–H groups in total. The van der Waals surface area contributed by atoms with E-state index in [2.05, 4.69) is 19.2 Å². The first-order chi connectivity index (χ1) is 7.63. The van der Waals surface area contributed by atoms with Crippen LogP contribution in [-0.4, -0.2) is 35.5 Å². The SMILES string of the molecule is CC1CC(NC2CCC(O)CC2)CC(C)O1. The summed E-state index contributed by atoms with van der Waals surface area (Å²) in [4.78, 5) is 0. The van der Waals surface area contributed by atoms with E-state index in [1.807, 2.05) is 0 Å². The lowest BCUT2D eigenvalue weighted by molar-refractivity contribution is -0.0448. The highest BCUT2D eigenvalue weighted by Crippen LogP contribution is 2.23. The van der Waals surface area contributed by atoms with Crippen molar-refractivity contribution in [2.45, 2.75) is 82.8 Å². The van der Waals surface area contributed by atoms with Gasteiger partial charge in [-0.3, -0.25) is 0 Å². The van der Waals surface area contributed by atoms with Gasteiger partial charge in [-0.2, -0.15) is 0 Å². The summed E-state index contributed by atoms with van der Waals surface area (Å²) in [5, 5.41) is 13.2. The standard InChI is InChI=1S/C13H25NO2/c1-9-7-12(8-10(2)16-9)14-11-3-5-13(15)6-4-11/h9-15H,3-8H2,1-2H3. The molecule has 16 heavy (non-hydrogen) atoms. The van der Waals surface area contributed by atoms with Gasteiger partial charge in [0.1, 0.15) is 0 Å². The Labute approximate surface area is 98.6 Å². The van der Waals surface area contributed by atoms with Gasteiger partial charge in [-0.05, 0) is 52.4 Å². The maximum Gasteiger partial charge on any atom is 0.0565 e. The van der Waals surface area contributed by atoms with E-state index in [1.165, 1.54) is 0 Å². The van der Waals surface area contributed by atoms with Crippen LogP contribution in [0.5, 0.6) is 0 Å². The zero-order chi connectivity index (χ0) is 11.5. The molecule has 1 aliphatic heterocycles. The van der Waals surface area contributed by atoms with Crippen LogP contribution in [0.15, 0.2) is 0 Å². The summed E-state index contributed by atoms with van der Waals surface area (Å²) in [6, 6.07) is 1.23. The van der Waals surface area contributed by atoms with Crippen LogP contribution < -0.4 is 5.32 Å². The number of hydrogen-bond donors (Lipinski definition) is 2. The minimum Gasteiger partial charge on any atom is -0.393 e. The monoisotopic (exact) mass is 227 g/mol. The molecular weight excluding hydrogens is 202 g/mol. The topological polar surface area (TPSA) is 41.5 Å². The van der Waals surface area contributed by atoms with Crippen molar-refractivity contribution in [1.29, 1.82) is 0 Å². The van der Waals surface area contributed by atoms with Crippen LogP contribution in [0.2, 0.25) is 0 Å². The lowest BCUT2D eigenvalue weighted by Crippen LogP contribution is -2.47. The molecule has 1 saturated carbocycles. The van der Waals surface area contributed by atoms with E-state index < -0.39 is 0 Å². The number of ether oxygens (including phenoxy) is 1. The lowest BCUT2D eigenvalue weighted by atomic mass is 9.91. The molecule has 3 nitrogen and oxygen atoms in total. The van der Waals surface area contributed by atoms with E-state index in [4.69, 9.17) is 4.74 Å². The van der Waals surface area contributed by atoms with E-state index >= 15 is 0 Å². The van der Waals surface area contributed by atoms with Crippen LogP contribution in [0, 0.1) is 0 Å². The zero-order valence-corrected chi connectivity index (χ0v) is 10.5. The first-order valence-electron chi connectivity index (χ1n) is 6.73. The van der Waals surface area contributed by atoms with Crippen molar-refractivity contribution in [3.8, 4) is 0 Å². The highest BCUT2D eigenvalue weighted by molar-refractivity contribution is 4.84. The Kier molecular flexibility index (Phi) is 4.22. The van der Waals surface area contributed by atoms with Gasteiger partial charge in [-0.15, -0.1) is 0 Å². The summed E-state index contributed by atoms with van der Waals surface area (Å²) in [5.41, 5.74) is 0. The Bertz CT molecular complexity index is 204. The molecule has 0 amide bonds. The van der Waals surface area contributed by atoms with Crippen molar-refractivity contribution in [3.05, 3.63) is 0 Å². The minimum absolute atomic E-state index is 0.0504. The molecule has 0 bridgehead atoms. The van der Waals surface area contributed by atoms with Gasteiger partial charge < -0.3 is 15.2 Å². The number of nitrogens with one attached hydrogen (secondary N) is 1. The zero-order valence-electron chi connectivity index (χ0n) is 10.5. The predicted molar refractivity (Wildman–Crippen MR) is 64.4 cm³/mol. The van der Waals surface area contributed by atoms with Crippen molar-refractivity contribution in [3.63, 3.8) is 0 Å². The first kappa shape index (κ1) is 12.3. The van der Waals surface area contributed by atoms with E-state index in [9.17, 15) is 5.11 Å². The van der Waals surface area contributed by atoms with Gasteiger partial charge in [0, 0.05) is 12.1 Å². The van der Waals surface area contributed by atoms with E-state index in [1.54, 1.807) is 0 Å². The van der Waals surface area contributed by atoms with Gasteiger partial charge in [-0.25, -0.2) is 0 Å². The quantitative estimate of drug-likeness (QED) is 0.756. The fourth-order valence-corrected chi connectivity index (χ4v) is 3.12. The van der Waals surface area contributed by atoms with Gasteiger partial charge in [0.2, 0.25) is 0 Å². The molecule has 2 rings (SSSR count). The van der Waals surface area contributed by atoms with Gasteiger partial charge in [0.05, 0.1) is 18.3 Å². The third-order valence-corrected chi connectivity index (χ3v) is 3.87. The van der Waals surface area contributed by atoms with Crippen molar-refractivity contribution in [1.82, 2.24) is 5.32 Å². The highest BCUT2D eigenvalue weighted by Gasteiger charge is 2.27. The molecule has 1 aliphatic carbocycles. The van der Waals surface area contributed by atoms with Crippen molar-refractivity contribution in [2.24, 2.45) is 0 Å². The summed E-state index contributed by atoms with van der Waals surface area (Å²) in [7, 11) is 0. The molecule has 2 aliphatic rings. The second-order valence-corrected chi connectivity index (χ2v) is 5.60. The predicted octanol–water partition coefficient (Wildman–Crippen LogP) is 1.84. The summed E-state index contributed by atoms with van der Waals surface area (Å²) in [6.45, 7) is 4.32. The van der Waals surface area contributed by atoms with Crippen molar-refractivity contribution in [2.75, 3.05) is 0 Å². The first-order valence-corrected chi connectivity index (χ1v) is 6.73. The molecule has 2 unspecified atom stereocenters. The summed E-state index contributed by atoms with van der Waals surface area (Å²) in [5.74, 6) is 0. The molecule has 0 radical (unpaired) electrons. The van der Waals surface area contributed by atoms with Crippen LogP contribution in [0.4, 0.5) is 0 Å². The molecule has 1 heterocycles. The Morgan fingerprint density at radius 3 is 2.06 bits per heavy atom. The Morgan fingerprint density at radius 2 is 1.50 bits per heavy atom. The summed E-state index contributed by atoms with van der Waals surface area (Å²) < 4.78 is 5.74. The molecule has 94 valence electrons. The Morgan fingerprint density at radius 1 is 0.938 bits per heavy atom. The number of rotatable bonds is 2. The second-order valence-electron chi connectivity index (χ2n) is 5.60. The molecular formula is C13H25NO2.